The molecule has 1 heterocycles. The summed E-state index contributed by atoms with van der Waals surface area (Å²) in [5.41, 5.74) is 1.36. The van der Waals surface area contributed by atoms with Crippen LogP contribution in [0.2, 0.25) is 0 Å². The fourth-order valence-electron chi connectivity index (χ4n) is 3.34. The zero-order valence-corrected chi connectivity index (χ0v) is 15.7. The standard InChI is InChI=1S/C21H22N2O5/c1-22(16-9-4-3-5-10-16)19(24)14-7-6-8-15(11-14)20(25)23-13-17(28-2)12-18(23)21(26)27/h3-11,17-18H,12-13H2,1-2H3,(H,26,27). The molecule has 1 fully saturated rings. The van der Waals surface area contributed by atoms with Crippen molar-refractivity contribution in [3.05, 3.63) is 65.7 Å². The van der Waals surface area contributed by atoms with Gasteiger partial charge in [-0.2, -0.15) is 0 Å². The monoisotopic (exact) mass is 382 g/mol. The number of methoxy groups -OCH3 is 1. The summed E-state index contributed by atoms with van der Waals surface area (Å²) in [5, 5.41) is 9.42. The zero-order chi connectivity index (χ0) is 20.3. The van der Waals surface area contributed by atoms with E-state index in [1.165, 1.54) is 23.0 Å². The van der Waals surface area contributed by atoms with E-state index in [1.54, 1.807) is 25.2 Å². The molecule has 7 heteroatoms. The predicted octanol–water partition coefficient (Wildman–Crippen LogP) is 2.28. The Bertz CT molecular complexity index is 883. The number of rotatable bonds is 5. The van der Waals surface area contributed by atoms with Crippen molar-refractivity contribution in [1.29, 1.82) is 0 Å². The quantitative estimate of drug-likeness (QED) is 0.857. The van der Waals surface area contributed by atoms with Gasteiger partial charge in [0.25, 0.3) is 11.8 Å². The van der Waals surface area contributed by atoms with Crippen molar-refractivity contribution in [2.75, 3.05) is 25.6 Å². The van der Waals surface area contributed by atoms with Gasteiger partial charge in [-0.3, -0.25) is 9.59 Å². The lowest BCUT2D eigenvalue weighted by molar-refractivity contribution is -0.141. The maximum atomic E-state index is 12.9. The first-order chi connectivity index (χ1) is 13.4. The highest BCUT2D eigenvalue weighted by Crippen LogP contribution is 2.23. The Morgan fingerprint density at radius 2 is 1.75 bits per heavy atom. The molecular weight excluding hydrogens is 360 g/mol. The maximum absolute atomic E-state index is 12.9. The fraction of sp³-hybridized carbons (Fsp3) is 0.286. The maximum Gasteiger partial charge on any atom is 0.326 e. The van der Waals surface area contributed by atoms with Crippen molar-refractivity contribution < 1.29 is 24.2 Å². The van der Waals surface area contributed by atoms with Crippen molar-refractivity contribution in [3.63, 3.8) is 0 Å². The molecule has 1 N–H and O–H groups in total. The van der Waals surface area contributed by atoms with Crippen molar-refractivity contribution in [2.24, 2.45) is 0 Å². The summed E-state index contributed by atoms with van der Waals surface area (Å²) >= 11 is 0. The summed E-state index contributed by atoms with van der Waals surface area (Å²) in [6.45, 7) is 0.203. The number of para-hydroxylation sites is 1. The largest absolute Gasteiger partial charge is 0.480 e. The van der Waals surface area contributed by atoms with Crippen LogP contribution in [-0.2, 0) is 9.53 Å². The minimum Gasteiger partial charge on any atom is -0.480 e. The van der Waals surface area contributed by atoms with E-state index in [-0.39, 0.29) is 30.5 Å². The Balaban J connectivity index is 1.83. The number of nitrogens with zero attached hydrogens (tertiary/aromatic N) is 2. The van der Waals surface area contributed by atoms with Crippen LogP contribution in [-0.4, -0.2) is 60.6 Å². The second-order valence-electron chi connectivity index (χ2n) is 6.69. The van der Waals surface area contributed by atoms with Gasteiger partial charge in [0.05, 0.1) is 6.10 Å². The van der Waals surface area contributed by atoms with Crippen LogP contribution in [0.1, 0.15) is 27.1 Å². The third-order valence-corrected chi connectivity index (χ3v) is 4.95. The van der Waals surface area contributed by atoms with E-state index in [0.717, 1.165) is 5.69 Å². The molecule has 0 spiro atoms. The van der Waals surface area contributed by atoms with Crippen LogP contribution in [0.5, 0.6) is 0 Å². The molecule has 0 radical (unpaired) electrons. The highest BCUT2D eigenvalue weighted by Gasteiger charge is 2.40. The summed E-state index contributed by atoms with van der Waals surface area (Å²) in [6, 6.07) is 14.6. The third-order valence-electron chi connectivity index (χ3n) is 4.95. The second kappa shape index (κ2) is 8.22. The highest BCUT2D eigenvalue weighted by molar-refractivity contribution is 6.07. The number of likely N-dealkylation sites (tertiary alicyclic amines) is 1. The van der Waals surface area contributed by atoms with Gasteiger partial charge < -0.3 is 19.6 Å². The van der Waals surface area contributed by atoms with Crippen LogP contribution in [0.4, 0.5) is 5.69 Å². The molecule has 2 atom stereocenters. The van der Waals surface area contributed by atoms with E-state index in [2.05, 4.69) is 0 Å². The molecule has 2 unspecified atom stereocenters. The lowest BCUT2D eigenvalue weighted by Gasteiger charge is -2.22. The Hall–Kier alpha value is -3.19. The van der Waals surface area contributed by atoms with Crippen LogP contribution >= 0.6 is 0 Å². The van der Waals surface area contributed by atoms with Crippen LogP contribution in [0.3, 0.4) is 0 Å². The molecule has 3 rings (SSSR count). The minimum atomic E-state index is -1.07. The average molecular weight is 382 g/mol. The van der Waals surface area contributed by atoms with Gasteiger partial charge in [-0.05, 0) is 30.3 Å². The minimum absolute atomic E-state index is 0.203. The Morgan fingerprint density at radius 3 is 2.39 bits per heavy atom. The number of aliphatic carboxylic acids is 1. The molecule has 0 aliphatic carbocycles. The lowest BCUT2D eigenvalue weighted by Crippen LogP contribution is -2.40. The number of carbonyl (C=O) groups is 3. The molecule has 1 saturated heterocycles. The molecule has 2 aromatic carbocycles. The van der Waals surface area contributed by atoms with Crippen molar-refractivity contribution in [1.82, 2.24) is 4.90 Å². The topological polar surface area (TPSA) is 87.1 Å². The summed E-state index contributed by atoms with van der Waals surface area (Å²) in [6.07, 6.45) is -0.0773. The van der Waals surface area contributed by atoms with Gasteiger partial charge >= 0.3 is 5.97 Å². The van der Waals surface area contributed by atoms with Gasteiger partial charge in [-0.25, -0.2) is 4.79 Å². The molecule has 0 bridgehead atoms. The summed E-state index contributed by atoms with van der Waals surface area (Å²) in [5.74, 6) is -1.75. The molecule has 1 aliphatic heterocycles. The number of carbonyl (C=O) groups excluding carboxylic acids is 2. The lowest BCUT2D eigenvalue weighted by atomic mass is 10.1. The summed E-state index contributed by atoms with van der Waals surface area (Å²) < 4.78 is 5.23. The van der Waals surface area contributed by atoms with Gasteiger partial charge in [-0.1, -0.05) is 24.3 Å². The number of anilines is 1. The number of amides is 2. The van der Waals surface area contributed by atoms with Crippen LogP contribution < -0.4 is 4.90 Å². The number of ether oxygens (including phenoxy) is 1. The molecule has 0 saturated carbocycles. The Labute approximate surface area is 163 Å². The van der Waals surface area contributed by atoms with E-state index < -0.39 is 17.9 Å². The highest BCUT2D eigenvalue weighted by atomic mass is 16.5. The van der Waals surface area contributed by atoms with Crippen molar-refractivity contribution in [3.8, 4) is 0 Å². The van der Waals surface area contributed by atoms with Crippen molar-refractivity contribution in [2.45, 2.75) is 18.6 Å². The molecule has 1 aliphatic rings. The Kier molecular flexibility index (Phi) is 5.75. The summed E-state index contributed by atoms with van der Waals surface area (Å²) in [7, 11) is 3.16. The van der Waals surface area contributed by atoms with E-state index in [1.807, 2.05) is 30.3 Å². The number of benzene rings is 2. The van der Waals surface area contributed by atoms with Gasteiger partial charge in [0.15, 0.2) is 0 Å². The average Bonchev–Trinajstić information content (AvgIpc) is 3.18. The molecule has 28 heavy (non-hydrogen) atoms. The Morgan fingerprint density at radius 1 is 1.07 bits per heavy atom. The molecule has 7 nitrogen and oxygen atoms in total. The van der Waals surface area contributed by atoms with Crippen LogP contribution in [0, 0.1) is 0 Å². The van der Waals surface area contributed by atoms with E-state index in [4.69, 9.17) is 4.74 Å². The zero-order valence-electron chi connectivity index (χ0n) is 15.7. The first kappa shape index (κ1) is 19.6. The second-order valence-corrected chi connectivity index (χ2v) is 6.69. The van der Waals surface area contributed by atoms with Gasteiger partial charge in [0.1, 0.15) is 6.04 Å². The SMILES string of the molecule is COC1CC(C(=O)O)N(C(=O)c2cccc(C(=O)N(C)c3ccccc3)c2)C1. The molecule has 0 aromatic heterocycles. The predicted molar refractivity (Wildman–Crippen MR) is 103 cm³/mol. The molecule has 2 aromatic rings. The fourth-order valence-corrected chi connectivity index (χ4v) is 3.34. The number of carboxylic acids is 1. The number of hydrogen-bond acceptors (Lipinski definition) is 4. The first-order valence-electron chi connectivity index (χ1n) is 8.92. The van der Waals surface area contributed by atoms with Gasteiger partial charge in [-0.15, -0.1) is 0 Å². The number of hydrogen-bond donors (Lipinski definition) is 1. The molecule has 146 valence electrons. The number of carboxylic acid groups (broad SMARTS) is 1. The van der Waals surface area contributed by atoms with Crippen molar-refractivity contribution >= 4 is 23.5 Å². The molecular formula is C21H22N2O5. The van der Waals surface area contributed by atoms with E-state index in [9.17, 15) is 19.5 Å². The smallest absolute Gasteiger partial charge is 0.326 e. The summed E-state index contributed by atoms with van der Waals surface area (Å²) in [4.78, 5) is 40.0. The first-order valence-corrected chi connectivity index (χ1v) is 8.92. The van der Waals surface area contributed by atoms with Gasteiger partial charge in [0.2, 0.25) is 0 Å². The van der Waals surface area contributed by atoms with Gasteiger partial charge in [0, 0.05) is 43.9 Å². The third kappa shape index (κ3) is 3.89. The van der Waals surface area contributed by atoms with E-state index >= 15 is 0 Å². The normalized spacial score (nSPS) is 18.7. The molecule has 2 amide bonds. The van der Waals surface area contributed by atoms with E-state index in [0.29, 0.717) is 5.56 Å². The van der Waals surface area contributed by atoms with Crippen LogP contribution in [0.15, 0.2) is 54.6 Å². The van der Waals surface area contributed by atoms with Crippen LogP contribution in [0.25, 0.3) is 0 Å².